The first kappa shape index (κ1) is 19.0. The number of hydrogen-bond acceptors (Lipinski definition) is 3. The molecule has 1 fully saturated rings. The molecule has 0 unspecified atom stereocenters. The molecule has 1 aliphatic rings. The summed E-state index contributed by atoms with van der Waals surface area (Å²) in [6.07, 6.45) is 1.31. The molecular weight excluding hydrogens is 362 g/mol. The molecule has 1 N–H and O–H groups in total. The van der Waals surface area contributed by atoms with Crippen LogP contribution in [0.15, 0.2) is 61.2 Å². The van der Waals surface area contributed by atoms with E-state index in [-0.39, 0.29) is 18.4 Å². The first-order valence-corrected chi connectivity index (χ1v) is 9.24. The smallest absolute Gasteiger partial charge is 0.246 e. The number of piperazine rings is 1. The van der Waals surface area contributed by atoms with Crippen molar-refractivity contribution in [2.24, 2.45) is 0 Å². The summed E-state index contributed by atoms with van der Waals surface area (Å²) in [5.41, 5.74) is 2.79. The van der Waals surface area contributed by atoms with Crippen LogP contribution in [0.2, 0.25) is 5.02 Å². The lowest BCUT2D eigenvalue weighted by molar-refractivity contribution is -0.135. The Kier molecular flexibility index (Phi) is 6.14. The maximum absolute atomic E-state index is 12.5. The third-order valence-electron chi connectivity index (χ3n) is 4.61. The number of nitrogens with one attached hydrogen (secondary N) is 1. The highest BCUT2D eigenvalue weighted by Gasteiger charge is 2.22. The van der Waals surface area contributed by atoms with E-state index in [9.17, 15) is 9.59 Å². The van der Waals surface area contributed by atoms with Gasteiger partial charge in [-0.2, -0.15) is 0 Å². The molecule has 6 heteroatoms. The third-order valence-corrected chi connectivity index (χ3v) is 4.94. The van der Waals surface area contributed by atoms with E-state index in [2.05, 4.69) is 11.9 Å². The maximum Gasteiger partial charge on any atom is 0.246 e. The zero-order valence-electron chi connectivity index (χ0n) is 15.0. The van der Waals surface area contributed by atoms with Crippen LogP contribution in [0.4, 0.5) is 5.69 Å². The van der Waals surface area contributed by atoms with Gasteiger partial charge in [0.05, 0.1) is 6.54 Å². The van der Waals surface area contributed by atoms with E-state index in [1.54, 1.807) is 9.80 Å². The van der Waals surface area contributed by atoms with Crippen molar-refractivity contribution in [2.45, 2.75) is 0 Å². The predicted octanol–water partition coefficient (Wildman–Crippen LogP) is 3.28. The van der Waals surface area contributed by atoms with Crippen LogP contribution in [0.25, 0.3) is 11.1 Å². The average Bonchev–Trinajstić information content (AvgIpc) is 2.73. The van der Waals surface area contributed by atoms with Crippen LogP contribution in [0, 0.1) is 0 Å². The van der Waals surface area contributed by atoms with Crippen molar-refractivity contribution >= 4 is 29.1 Å². The van der Waals surface area contributed by atoms with Crippen LogP contribution in [-0.2, 0) is 9.59 Å². The Morgan fingerprint density at radius 3 is 2.37 bits per heavy atom. The van der Waals surface area contributed by atoms with E-state index >= 15 is 0 Å². The van der Waals surface area contributed by atoms with E-state index in [1.807, 2.05) is 48.5 Å². The molecule has 1 aliphatic heterocycles. The second-order valence-corrected chi connectivity index (χ2v) is 6.73. The van der Waals surface area contributed by atoms with Gasteiger partial charge in [-0.25, -0.2) is 0 Å². The standard InChI is InChI=1S/C21H22ClN3O2/c1-2-20(26)24-10-12-25(13-11-24)21(27)15-23-17-8-9-19(22)18(14-17)16-6-4-3-5-7-16/h2-9,14,23H,1,10-13,15H2. The number of amides is 2. The Morgan fingerprint density at radius 2 is 1.70 bits per heavy atom. The second kappa shape index (κ2) is 8.73. The molecule has 2 aromatic rings. The summed E-state index contributed by atoms with van der Waals surface area (Å²) in [6.45, 7) is 5.85. The minimum absolute atomic E-state index is 0.0110. The zero-order valence-corrected chi connectivity index (χ0v) is 15.8. The van der Waals surface area contributed by atoms with E-state index in [0.29, 0.717) is 31.2 Å². The number of rotatable bonds is 5. The molecule has 0 atom stereocenters. The van der Waals surface area contributed by atoms with Crippen molar-refractivity contribution < 1.29 is 9.59 Å². The van der Waals surface area contributed by atoms with E-state index < -0.39 is 0 Å². The fourth-order valence-electron chi connectivity index (χ4n) is 3.07. The van der Waals surface area contributed by atoms with Crippen LogP contribution in [0.1, 0.15) is 0 Å². The molecule has 0 aromatic heterocycles. The lowest BCUT2D eigenvalue weighted by atomic mass is 10.1. The van der Waals surface area contributed by atoms with E-state index in [4.69, 9.17) is 11.6 Å². The summed E-state index contributed by atoms with van der Waals surface area (Å²) in [5, 5.41) is 3.85. The SMILES string of the molecule is C=CC(=O)N1CCN(C(=O)CNc2ccc(Cl)c(-c3ccccc3)c2)CC1. The molecule has 0 bridgehead atoms. The van der Waals surface area contributed by atoms with Gasteiger partial charge in [-0.3, -0.25) is 9.59 Å². The van der Waals surface area contributed by atoms with E-state index in [1.165, 1.54) is 6.08 Å². The van der Waals surface area contributed by atoms with Crippen molar-refractivity contribution in [3.63, 3.8) is 0 Å². The maximum atomic E-state index is 12.5. The molecule has 3 rings (SSSR count). The number of nitrogens with zero attached hydrogens (tertiary/aromatic N) is 2. The van der Waals surface area contributed by atoms with Crippen LogP contribution < -0.4 is 5.32 Å². The fraction of sp³-hybridized carbons (Fsp3) is 0.238. The molecule has 0 radical (unpaired) electrons. The minimum Gasteiger partial charge on any atom is -0.376 e. The van der Waals surface area contributed by atoms with Gasteiger partial charge in [-0.15, -0.1) is 0 Å². The van der Waals surface area contributed by atoms with Crippen LogP contribution in [0.3, 0.4) is 0 Å². The van der Waals surface area contributed by atoms with Gasteiger partial charge in [-0.05, 0) is 29.8 Å². The Morgan fingerprint density at radius 1 is 1.04 bits per heavy atom. The van der Waals surface area contributed by atoms with Crippen LogP contribution in [-0.4, -0.2) is 54.3 Å². The monoisotopic (exact) mass is 383 g/mol. The van der Waals surface area contributed by atoms with Gasteiger partial charge in [0, 0.05) is 42.5 Å². The lowest BCUT2D eigenvalue weighted by Gasteiger charge is -2.34. The number of benzene rings is 2. The third kappa shape index (κ3) is 4.68. The van der Waals surface area contributed by atoms with Gasteiger partial charge in [-0.1, -0.05) is 48.5 Å². The average molecular weight is 384 g/mol. The summed E-state index contributed by atoms with van der Waals surface area (Å²) < 4.78 is 0. The molecule has 27 heavy (non-hydrogen) atoms. The van der Waals surface area contributed by atoms with Crippen molar-refractivity contribution in [3.05, 3.63) is 66.2 Å². The van der Waals surface area contributed by atoms with E-state index in [0.717, 1.165) is 16.8 Å². The molecule has 0 aliphatic carbocycles. The number of carbonyl (C=O) groups excluding carboxylic acids is 2. The highest BCUT2D eigenvalue weighted by atomic mass is 35.5. The van der Waals surface area contributed by atoms with Crippen molar-refractivity contribution in [3.8, 4) is 11.1 Å². The molecule has 2 amide bonds. The Balaban J connectivity index is 1.58. The molecule has 1 saturated heterocycles. The quantitative estimate of drug-likeness (QED) is 0.806. The summed E-state index contributed by atoms with van der Waals surface area (Å²) in [7, 11) is 0. The van der Waals surface area contributed by atoms with Crippen molar-refractivity contribution in [1.29, 1.82) is 0 Å². The first-order chi connectivity index (χ1) is 13.1. The summed E-state index contributed by atoms with van der Waals surface area (Å²) >= 11 is 6.32. The van der Waals surface area contributed by atoms with Gasteiger partial charge < -0.3 is 15.1 Å². The minimum atomic E-state index is -0.0881. The predicted molar refractivity (Wildman–Crippen MR) is 109 cm³/mol. The molecule has 0 spiro atoms. The fourth-order valence-corrected chi connectivity index (χ4v) is 3.30. The zero-order chi connectivity index (χ0) is 19.2. The van der Waals surface area contributed by atoms with Gasteiger partial charge in [0.2, 0.25) is 11.8 Å². The van der Waals surface area contributed by atoms with Gasteiger partial charge in [0.1, 0.15) is 0 Å². The molecule has 140 valence electrons. The Bertz CT molecular complexity index is 831. The first-order valence-electron chi connectivity index (χ1n) is 8.86. The Labute approximate surface area is 164 Å². The highest BCUT2D eigenvalue weighted by molar-refractivity contribution is 6.33. The normalized spacial score (nSPS) is 14.0. The number of hydrogen-bond donors (Lipinski definition) is 1. The van der Waals surface area contributed by atoms with Gasteiger partial charge in [0.15, 0.2) is 0 Å². The molecule has 5 nitrogen and oxygen atoms in total. The van der Waals surface area contributed by atoms with Crippen molar-refractivity contribution in [1.82, 2.24) is 9.80 Å². The molecule has 0 saturated carbocycles. The summed E-state index contributed by atoms with van der Waals surface area (Å²) in [5.74, 6) is -0.0771. The molecule has 2 aromatic carbocycles. The largest absolute Gasteiger partial charge is 0.376 e. The summed E-state index contributed by atoms with van der Waals surface area (Å²) in [6, 6.07) is 15.5. The van der Waals surface area contributed by atoms with Crippen LogP contribution >= 0.6 is 11.6 Å². The Hall–Kier alpha value is -2.79. The lowest BCUT2D eigenvalue weighted by Crippen LogP contribution is -2.51. The molecule has 1 heterocycles. The number of carbonyl (C=O) groups is 2. The number of anilines is 1. The highest BCUT2D eigenvalue weighted by Crippen LogP contribution is 2.30. The summed E-state index contributed by atoms with van der Waals surface area (Å²) in [4.78, 5) is 27.5. The second-order valence-electron chi connectivity index (χ2n) is 6.32. The van der Waals surface area contributed by atoms with Crippen LogP contribution in [0.5, 0.6) is 0 Å². The van der Waals surface area contributed by atoms with Gasteiger partial charge in [0.25, 0.3) is 0 Å². The molecular formula is C21H22ClN3O2. The van der Waals surface area contributed by atoms with Gasteiger partial charge >= 0.3 is 0 Å². The number of halogens is 1. The van der Waals surface area contributed by atoms with Crippen molar-refractivity contribution in [2.75, 3.05) is 38.0 Å². The topological polar surface area (TPSA) is 52.7 Å².